The predicted octanol–water partition coefficient (Wildman–Crippen LogP) is 4.29. The first kappa shape index (κ1) is 19.2. The average Bonchev–Trinajstić information content (AvgIpc) is 3.01. The third-order valence-corrected chi connectivity index (χ3v) is 5.50. The Bertz CT molecular complexity index is 949. The van der Waals surface area contributed by atoms with Gasteiger partial charge in [0.2, 0.25) is 0 Å². The Morgan fingerprint density at radius 3 is 2.48 bits per heavy atom. The van der Waals surface area contributed by atoms with Crippen molar-refractivity contribution in [1.29, 1.82) is 0 Å². The monoisotopic (exact) mass is 381 g/mol. The van der Waals surface area contributed by atoms with Gasteiger partial charge in [0.25, 0.3) is 0 Å². The second-order valence-corrected chi connectivity index (χ2v) is 7.51. The van der Waals surface area contributed by atoms with Crippen LogP contribution in [0.1, 0.15) is 32.9 Å². The number of ketones is 1. The zero-order valence-electron chi connectivity index (χ0n) is 16.0. The number of carbonyl (C=O) groups excluding carboxylic acids is 1. The third kappa shape index (κ3) is 4.77. The number of nitrogens with zero attached hydrogens (tertiary/aromatic N) is 3. The van der Waals surface area contributed by atoms with Gasteiger partial charge in [0, 0.05) is 12.6 Å². The van der Waals surface area contributed by atoms with Crippen LogP contribution in [0.3, 0.4) is 0 Å². The van der Waals surface area contributed by atoms with E-state index in [0.717, 1.165) is 17.1 Å². The maximum Gasteiger partial charge on any atom is 0.191 e. The molecule has 0 amide bonds. The van der Waals surface area contributed by atoms with Gasteiger partial charge < -0.3 is 9.30 Å². The van der Waals surface area contributed by atoms with Crippen molar-refractivity contribution >= 4 is 17.5 Å². The first-order valence-electron chi connectivity index (χ1n) is 8.75. The molecule has 27 heavy (non-hydrogen) atoms. The minimum atomic E-state index is 0.0796. The smallest absolute Gasteiger partial charge is 0.191 e. The summed E-state index contributed by atoms with van der Waals surface area (Å²) in [7, 11) is 1.89. The van der Waals surface area contributed by atoms with E-state index in [0.29, 0.717) is 23.1 Å². The quantitative estimate of drug-likeness (QED) is 0.451. The van der Waals surface area contributed by atoms with Gasteiger partial charge >= 0.3 is 0 Å². The first-order chi connectivity index (χ1) is 12.9. The van der Waals surface area contributed by atoms with Crippen LogP contribution in [0.4, 0.5) is 0 Å². The average molecular weight is 382 g/mol. The third-order valence-electron chi connectivity index (χ3n) is 4.48. The van der Waals surface area contributed by atoms with Crippen molar-refractivity contribution in [2.75, 3.05) is 5.75 Å². The summed E-state index contributed by atoms with van der Waals surface area (Å²) in [6.45, 7) is 6.47. The Hall–Kier alpha value is -2.60. The minimum Gasteiger partial charge on any atom is -0.486 e. The molecule has 0 spiro atoms. The molecule has 0 aliphatic heterocycles. The largest absolute Gasteiger partial charge is 0.486 e. The van der Waals surface area contributed by atoms with Gasteiger partial charge in [-0.2, -0.15) is 0 Å². The highest BCUT2D eigenvalue weighted by atomic mass is 32.2. The van der Waals surface area contributed by atoms with E-state index in [9.17, 15) is 4.79 Å². The van der Waals surface area contributed by atoms with Crippen LogP contribution in [0.25, 0.3) is 0 Å². The number of aromatic nitrogens is 3. The fourth-order valence-corrected chi connectivity index (χ4v) is 3.33. The summed E-state index contributed by atoms with van der Waals surface area (Å²) < 4.78 is 7.70. The van der Waals surface area contributed by atoms with E-state index < -0.39 is 0 Å². The number of aryl methyl sites for hydroxylation is 3. The molecule has 0 aliphatic carbocycles. The van der Waals surface area contributed by atoms with E-state index in [1.807, 2.05) is 61.0 Å². The van der Waals surface area contributed by atoms with Gasteiger partial charge in [0.15, 0.2) is 16.8 Å². The van der Waals surface area contributed by atoms with Crippen molar-refractivity contribution in [1.82, 2.24) is 14.8 Å². The zero-order valence-corrected chi connectivity index (χ0v) is 16.8. The number of thioether (sulfide) groups is 1. The molecule has 3 rings (SSSR count). The van der Waals surface area contributed by atoms with Gasteiger partial charge in [-0.05, 0) is 44.0 Å². The number of rotatable bonds is 7. The molecule has 0 saturated carbocycles. The van der Waals surface area contributed by atoms with Gasteiger partial charge in [-0.25, -0.2) is 0 Å². The lowest BCUT2D eigenvalue weighted by molar-refractivity contribution is 0.102. The van der Waals surface area contributed by atoms with Gasteiger partial charge in [-0.3, -0.25) is 4.79 Å². The summed E-state index contributed by atoms with van der Waals surface area (Å²) in [6, 6.07) is 13.6. The molecule has 2 aromatic carbocycles. The SMILES string of the molecule is Cc1ccc(C(=O)CSc2nnc(COc3ccc(C)c(C)c3)n2C)cc1. The number of hydrogen-bond acceptors (Lipinski definition) is 5. The fraction of sp³-hybridized carbons (Fsp3) is 0.286. The van der Waals surface area contributed by atoms with Crippen LogP contribution in [0.5, 0.6) is 5.75 Å². The van der Waals surface area contributed by atoms with E-state index in [1.54, 1.807) is 0 Å². The molecule has 0 radical (unpaired) electrons. The normalized spacial score (nSPS) is 10.8. The van der Waals surface area contributed by atoms with Crippen LogP contribution in [-0.2, 0) is 13.7 Å². The van der Waals surface area contributed by atoms with Crippen molar-refractivity contribution < 1.29 is 9.53 Å². The van der Waals surface area contributed by atoms with Gasteiger partial charge in [-0.1, -0.05) is 47.7 Å². The fourth-order valence-electron chi connectivity index (χ4n) is 2.50. The molecule has 0 aliphatic rings. The molecule has 0 N–H and O–H groups in total. The van der Waals surface area contributed by atoms with E-state index >= 15 is 0 Å². The van der Waals surface area contributed by atoms with E-state index in [4.69, 9.17) is 4.74 Å². The highest BCUT2D eigenvalue weighted by Crippen LogP contribution is 2.20. The molecule has 1 heterocycles. The lowest BCUT2D eigenvalue weighted by Crippen LogP contribution is -2.06. The molecule has 0 saturated heterocycles. The van der Waals surface area contributed by atoms with Crippen LogP contribution in [0.2, 0.25) is 0 Å². The van der Waals surface area contributed by atoms with Crippen molar-refractivity contribution in [2.24, 2.45) is 7.05 Å². The first-order valence-corrected chi connectivity index (χ1v) is 9.73. The number of carbonyl (C=O) groups is 1. The molecule has 140 valence electrons. The Morgan fingerprint density at radius 2 is 1.78 bits per heavy atom. The molecular formula is C21H23N3O2S. The van der Waals surface area contributed by atoms with Crippen LogP contribution in [-0.4, -0.2) is 26.3 Å². The summed E-state index contributed by atoms with van der Waals surface area (Å²) in [4.78, 5) is 12.3. The molecule has 1 aromatic heterocycles. The summed E-state index contributed by atoms with van der Waals surface area (Å²) in [6.07, 6.45) is 0. The topological polar surface area (TPSA) is 57.0 Å². The number of ether oxygens (including phenoxy) is 1. The van der Waals surface area contributed by atoms with E-state index in [1.165, 1.54) is 22.9 Å². The number of Topliss-reactive ketones (excluding diaryl/α,β-unsaturated/α-hetero) is 1. The predicted molar refractivity (Wildman–Crippen MR) is 107 cm³/mol. The van der Waals surface area contributed by atoms with Crippen LogP contribution >= 0.6 is 11.8 Å². The van der Waals surface area contributed by atoms with Crippen LogP contribution < -0.4 is 4.74 Å². The van der Waals surface area contributed by atoms with Gasteiger partial charge in [0.1, 0.15) is 12.4 Å². The van der Waals surface area contributed by atoms with Crippen LogP contribution in [0, 0.1) is 20.8 Å². The molecular weight excluding hydrogens is 358 g/mol. The van der Waals surface area contributed by atoms with Crippen molar-refractivity contribution in [2.45, 2.75) is 32.5 Å². The zero-order chi connectivity index (χ0) is 19.4. The van der Waals surface area contributed by atoms with Crippen molar-refractivity contribution in [3.8, 4) is 5.75 Å². The molecule has 0 bridgehead atoms. The lowest BCUT2D eigenvalue weighted by Gasteiger charge is -2.08. The standard InChI is InChI=1S/C21H23N3O2S/c1-14-5-8-17(9-6-14)19(25)13-27-21-23-22-20(24(21)4)12-26-18-10-7-15(2)16(3)11-18/h5-11H,12-13H2,1-4H3. The highest BCUT2D eigenvalue weighted by Gasteiger charge is 2.13. The van der Waals surface area contributed by atoms with E-state index in [2.05, 4.69) is 24.0 Å². The molecule has 0 atom stereocenters. The van der Waals surface area contributed by atoms with E-state index in [-0.39, 0.29) is 5.78 Å². The Kier molecular flexibility index (Phi) is 5.96. The van der Waals surface area contributed by atoms with Crippen molar-refractivity contribution in [3.63, 3.8) is 0 Å². The second-order valence-electron chi connectivity index (χ2n) is 6.57. The number of hydrogen-bond donors (Lipinski definition) is 0. The Labute approximate surface area is 163 Å². The number of benzene rings is 2. The van der Waals surface area contributed by atoms with Gasteiger partial charge in [-0.15, -0.1) is 10.2 Å². The summed E-state index contributed by atoms with van der Waals surface area (Å²) in [5.74, 6) is 1.94. The maximum absolute atomic E-state index is 12.3. The summed E-state index contributed by atoms with van der Waals surface area (Å²) in [5.41, 5.74) is 4.28. The summed E-state index contributed by atoms with van der Waals surface area (Å²) >= 11 is 1.39. The Morgan fingerprint density at radius 1 is 1.04 bits per heavy atom. The Balaban J connectivity index is 1.58. The summed E-state index contributed by atoms with van der Waals surface area (Å²) in [5, 5.41) is 9.07. The molecule has 0 fully saturated rings. The molecule has 6 heteroatoms. The molecule has 5 nitrogen and oxygen atoms in total. The maximum atomic E-state index is 12.3. The highest BCUT2D eigenvalue weighted by molar-refractivity contribution is 7.99. The van der Waals surface area contributed by atoms with Gasteiger partial charge in [0.05, 0.1) is 5.75 Å². The molecule has 0 unspecified atom stereocenters. The second kappa shape index (κ2) is 8.39. The molecule has 3 aromatic rings. The minimum absolute atomic E-state index is 0.0796. The van der Waals surface area contributed by atoms with Crippen LogP contribution in [0.15, 0.2) is 47.6 Å². The lowest BCUT2D eigenvalue weighted by atomic mass is 10.1. The van der Waals surface area contributed by atoms with Crippen molar-refractivity contribution in [3.05, 3.63) is 70.5 Å².